The summed E-state index contributed by atoms with van der Waals surface area (Å²) in [5.74, 6) is 0.791. The van der Waals surface area contributed by atoms with E-state index in [-0.39, 0.29) is 11.0 Å². The van der Waals surface area contributed by atoms with E-state index >= 15 is 0 Å². The molecule has 4 heteroatoms. The van der Waals surface area contributed by atoms with Gasteiger partial charge in [-0.15, -0.1) is 0 Å². The molecule has 1 heterocycles. The van der Waals surface area contributed by atoms with Crippen molar-refractivity contribution in [3.8, 4) is 0 Å². The number of hydrogen-bond donors (Lipinski definition) is 2. The molecule has 0 aromatic carbocycles. The molecule has 0 atom stereocenters. The summed E-state index contributed by atoms with van der Waals surface area (Å²) in [6.07, 6.45) is 5.69. The zero-order valence-corrected chi connectivity index (χ0v) is 9.75. The highest BCUT2D eigenvalue weighted by atomic mass is 16.1. The maximum Gasteiger partial charge on any atom is 0.251 e. The Bertz CT molecular complexity index is 419. The molecular weight excluding hydrogens is 202 g/mol. The summed E-state index contributed by atoms with van der Waals surface area (Å²) in [5.41, 5.74) is 6.52. The second-order valence-corrected chi connectivity index (χ2v) is 4.78. The third-order valence-electron chi connectivity index (χ3n) is 3.57. The number of nitrogens with one attached hydrogen (secondary N) is 1. The number of H-pyrrole nitrogens is 1. The van der Waals surface area contributed by atoms with Gasteiger partial charge >= 0.3 is 0 Å². The predicted molar refractivity (Wildman–Crippen MR) is 63.4 cm³/mol. The summed E-state index contributed by atoms with van der Waals surface area (Å²) in [6, 6.07) is 1.52. The van der Waals surface area contributed by atoms with Crippen LogP contribution >= 0.6 is 0 Å². The molecule has 1 fully saturated rings. The molecule has 1 aliphatic rings. The lowest BCUT2D eigenvalue weighted by Gasteiger charge is -2.35. The van der Waals surface area contributed by atoms with Crippen LogP contribution < -0.4 is 11.3 Å². The summed E-state index contributed by atoms with van der Waals surface area (Å²) in [4.78, 5) is 18.8. The van der Waals surface area contributed by atoms with Crippen molar-refractivity contribution in [1.29, 1.82) is 0 Å². The lowest BCUT2D eigenvalue weighted by molar-refractivity contribution is 0.284. The molecule has 1 aliphatic carbocycles. The zero-order valence-electron chi connectivity index (χ0n) is 9.75. The molecule has 0 amide bonds. The second kappa shape index (κ2) is 4.37. The third kappa shape index (κ3) is 2.02. The molecule has 0 radical (unpaired) electrons. The minimum absolute atomic E-state index is 0.0686. The number of aryl methyl sites for hydroxylation is 1. The van der Waals surface area contributed by atoms with E-state index in [1.165, 1.54) is 25.3 Å². The van der Waals surface area contributed by atoms with E-state index in [1.807, 2.05) is 6.92 Å². The van der Waals surface area contributed by atoms with E-state index in [2.05, 4.69) is 9.97 Å². The van der Waals surface area contributed by atoms with Gasteiger partial charge in [-0.1, -0.05) is 19.3 Å². The Morgan fingerprint density at radius 2 is 2.12 bits per heavy atom. The molecule has 2 rings (SSSR count). The summed E-state index contributed by atoms with van der Waals surface area (Å²) in [7, 11) is 0. The molecule has 16 heavy (non-hydrogen) atoms. The molecule has 88 valence electrons. The Labute approximate surface area is 95.3 Å². The lowest BCUT2D eigenvalue weighted by atomic mass is 9.73. The molecule has 4 nitrogen and oxygen atoms in total. The van der Waals surface area contributed by atoms with Crippen LogP contribution in [0.3, 0.4) is 0 Å². The topological polar surface area (TPSA) is 71.8 Å². The van der Waals surface area contributed by atoms with Gasteiger partial charge in [0.2, 0.25) is 0 Å². The van der Waals surface area contributed by atoms with Crippen LogP contribution in [0.15, 0.2) is 10.9 Å². The first-order chi connectivity index (χ1) is 7.66. The van der Waals surface area contributed by atoms with Gasteiger partial charge in [0.05, 0.1) is 0 Å². The molecule has 0 aliphatic heterocycles. The second-order valence-electron chi connectivity index (χ2n) is 4.78. The average molecular weight is 221 g/mol. The Kier molecular flexibility index (Phi) is 3.10. The number of nitrogens with zero attached hydrogens (tertiary/aromatic N) is 1. The molecule has 3 N–H and O–H groups in total. The molecule has 1 aromatic heterocycles. The van der Waals surface area contributed by atoms with Gasteiger partial charge in [-0.2, -0.15) is 0 Å². The SMILES string of the molecule is Cc1cc(=O)[nH]c(C2(CN)CCCCC2)n1. The van der Waals surface area contributed by atoms with Crippen LogP contribution in [0.1, 0.15) is 43.6 Å². The number of rotatable bonds is 2. The van der Waals surface area contributed by atoms with Gasteiger partial charge in [0.1, 0.15) is 5.82 Å². The van der Waals surface area contributed by atoms with E-state index in [1.54, 1.807) is 0 Å². The largest absolute Gasteiger partial charge is 0.329 e. The van der Waals surface area contributed by atoms with Crippen molar-refractivity contribution in [1.82, 2.24) is 9.97 Å². The van der Waals surface area contributed by atoms with Crippen LogP contribution in [-0.4, -0.2) is 16.5 Å². The summed E-state index contributed by atoms with van der Waals surface area (Å²) in [5, 5.41) is 0. The molecule has 0 bridgehead atoms. The predicted octanol–water partition coefficient (Wildman–Crippen LogP) is 1.24. The van der Waals surface area contributed by atoms with Crippen molar-refractivity contribution in [3.05, 3.63) is 27.9 Å². The third-order valence-corrected chi connectivity index (χ3v) is 3.57. The van der Waals surface area contributed by atoms with Crippen molar-refractivity contribution in [3.63, 3.8) is 0 Å². The van der Waals surface area contributed by atoms with E-state index in [4.69, 9.17) is 5.73 Å². The first-order valence-electron chi connectivity index (χ1n) is 5.95. The highest BCUT2D eigenvalue weighted by Gasteiger charge is 2.34. The fourth-order valence-electron chi connectivity index (χ4n) is 2.60. The highest BCUT2D eigenvalue weighted by molar-refractivity contribution is 5.13. The number of aromatic amines is 1. The van der Waals surface area contributed by atoms with Gasteiger partial charge < -0.3 is 10.7 Å². The van der Waals surface area contributed by atoms with Gasteiger partial charge in [-0.3, -0.25) is 4.79 Å². The van der Waals surface area contributed by atoms with E-state index in [9.17, 15) is 4.79 Å². The molecule has 0 spiro atoms. The molecule has 1 saturated carbocycles. The summed E-state index contributed by atoms with van der Waals surface area (Å²) >= 11 is 0. The van der Waals surface area contributed by atoms with Crippen LogP contribution in [0.2, 0.25) is 0 Å². The average Bonchev–Trinajstić information content (AvgIpc) is 2.28. The monoisotopic (exact) mass is 221 g/mol. The standard InChI is InChI=1S/C12H19N3O/c1-9-7-10(16)15-11(14-9)12(8-13)5-3-2-4-6-12/h7H,2-6,8,13H2,1H3,(H,14,15,16). The Balaban J connectivity index is 2.42. The van der Waals surface area contributed by atoms with E-state index in [0.29, 0.717) is 6.54 Å². The first kappa shape index (κ1) is 11.3. The molecular formula is C12H19N3O. The van der Waals surface area contributed by atoms with Crippen LogP contribution in [0.25, 0.3) is 0 Å². The minimum Gasteiger partial charge on any atom is -0.329 e. The van der Waals surface area contributed by atoms with Crippen LogP contribution in [0.5, 0.6) is 0 Å². The van der Waals surface area contributed by atoms with E-state index < -0.39 is 0 Å². The number of aromatic nitrogens is 2. The minimum atomic E-state index is -0.0938. The van der Waals surface area contributed by atoms with Gasteiger partial charge in [0, 0.05) is 23.7 Å². The van der Waals surface area contributed by atoms with Crippen molar-refractivity contribution in [2.75, 3.05) is 6.54 Å². The quantitative estimate of drug-likeness (QED) is 0.789. The Morgan fingerprint density at radius 3 is 2.69 bits per heavy atom. The van der Waals surface area contributed by atoms with Crippen molar-refractivity contribution in [2.45, 2.75) is 44.4 Å². The Morgan fingerprint density at radius 1 is 1.44 bits per heavy atom. The van der Waals surface area contributed by atoms with Crippen LogP contribution in [-0.2, 0) is 5.41 Å². The van der Waals surface area contributed by atoms with Gasteiger partial charge in [0.15, 0.2) is 0 Å². The van der Waals surface area contributed by atoms with Crippen LogP contribution in [0, 0.1) is 6.92 Å². The highest BCUT2D eigenvalue weighted by Crippen LogP contribution is 2.36. The fraction of sp³-hybridized carbons (Fsp3) is 0.667. The lowest BCUT2D eigenvalue weighted by Crippen LogP contribution is -2.40. The fourth-order valence-corrected chi connectivity index (χ4v) is 2.60. The maximum absolute atomic E-state index is 11.5. The van der Waals surface area contributed by atoms with Crippen LogP contribution in [0.4, 0.5) is 0 Å². The van der Waals surface area contributed by atoms with Crippen molar-refractivity contribution in [2.24, 2.45) is 5.73 Å². The van der Waals surface area contributed by atoms with Crippen molar-refractivity contribution < 1.29 is 0 Å². The Hall–Kier alpha value is -1.16. The smallest absolute Gasteiger partial charge is 0.251 e. The molecule has 1 aromatic rings. The van der Waals surface area contributed by atoms with Gasteiger partial charge in [-0.05, 0) is 19.8 Å². The van der Waals surface area contributed by atoms with Gasteiger partial charge in [-0.25, -0.2) is 4.98 Å². The van der Waals surface area contributed by atoms with E-state index in [0.717, 1.165) is 24.4 Å². The normalized spacial score (nSPS) is 19.6. The zero-order chi connectivity index (χ0) is 11.6. The molecule has 0 unspecified atom stereocenters. The molecule has 0 saturated heterocycles. The van der Waals surface area contributed by atoms with Gasteiger partial charge in [0.25, 0.3) is 5.56 Å². The summed E-state index contributed by atoms with van der Waals surface area (Å²) in [6.45, 7) is 2.42. The number of hydrogen-bond acceptors (Lipinski definition) is 3. The first-order valence-corrected chi connectivity index (χ1v) is 5.95. The van der Waals surface area contributed by atoms with Crippen molar-refractivity contribution >= 4 is 0 Å². The number of nitrogens with two attached hydrogens (primary N) is 1. The maximum atomic E-state index is 11.5. The summed E-state index contributed by atoms with van der Waals surface area (Å²) < 4.78 is 0.